The molecule has 1 aromatic carbocycles. The third kappa shape index (κ3) is 5.53. The van der Waals surface area contributed by atoms with Crippen LogP contribution in [0.3, 0.4) is 0 Å². The fourth-order valence-electron chi connectivity index (χ4n) is 4.10. The Morgan fingerprint density at radius 2 is 2.00 bits per heavy atom. The molecule has 27 heavy (non-hydrogen) atoms. The molecule has 2 aliphatic rings. The first-order chi connectivity index (χ1) is 12.8. The Kier molecular flexibility index (Phi) is 6.62. The molecule has 3 rings (SSSR count). The summed E-state index contributed by atoms with van der Waals surface area (Å²) >= 11 is 0. The van der Waals surface area contributed by atoms with E-state index in [-0.39, 0.29) is 11.5 Å². The van der Waals surface area contributed by atoms with E-state index in [2.05, 4.69) is 40.8 Å². The van der Waals surface area contributed by atoms with Gasteiger partial charge in [0.2, 0.25) is 10.0 Å². The summed E-state index contributed by atoms with van der Waals surface area (Å²) in [5.41, 5.74) is 3.00. The van der Waals surface area contributed by atoms with Crippen molar-refractivity contribution in [2.24, 2.45) is 5.41 Å². The molecule has 1 spiro atoms. The number of benzene rings is 1. The van der Waals surface area contributed by atoms with E-state index in [1.807, 2.05) is 0 Å². The molecular formula is C21H34N2O3S. The molecule has 1 N–H and O–H groups in total. The molecule has 0 aliphatic carbocycles. The second kappa shape index (κ2) is 8.60. The number of hydrogen-bond donors (Lipinski definition) is 1. The lowest BCUT2D eigenvalue weighted by atomic mass is 9.73. The van der Waals surface area contributed by atoms with Crippen molar-refractivity contribution in [2.75, 3.05) is 26.2 Å². The van der Waals surface area contributed by atoms with Crippen LogP contribution in [0.4, 0.5) is 0 Å². The SMILES string of the molecule is Cc1cccc(CN2CCC3(CCC(CNS(=O)(=O)C(C)C)OC3)CC2)c1. The van der Waals surface area contributed by atoms with E-state index < -0.39 is 15.3 Å². The molecule has 0 radical (unpaired) electrons. The number of aryl methyl sites for hydroxylation is 1. The zero-order chi connectivity index (χ0) is 19.5. The Hall–Kier alpha value is -0.950. The van der Waals surface area contributed by atoms with Crippen molar-refractivity contribution in [2.45, 2.75) is 64.4 Å². The molecule has 1 unspecified atom stereocenters. The topological polar surface area (TPSA) is 58.6 Å². The third-order valence-electron chi connectivity index (χ3n) is 6.16. The number of nitrogens with one attached hydrogen (secondary N) is 1. The second-order valence-electron chi connectivity index (χ2n) is 8.68. The van der Waals surface area contributed by atoms with Crippen molar-refractivity contribution >= 4 is 10.0 Å². The summed E-state index contributed by atoms with van der Waals surface area (Å²) in [4.78, 5) is 2.54. The molecule has 2 saturated heterocycles. The monoisotopic (exact) mass is 394 g/mol. The highest BCUT2D eigenvalue weighted by Gasteiger charge is 2.39. The number of ether oxygens (including phenoxy) is 1. The Morgan fingerprint density at radius 3 is 2.59 bits per heavy atom. The molecule has 2 fully saturated rings. The minimum atomic E-state index is -3.21. The van der Waals surface area contributed by atoms with E-state index in [4.69, 9.17) is 4.74 Å². The fraction of sp³-hybridized carbons (Fsp3) is 0.714. The van der Waals surface area contributed by atoms with Gasteiger partial charge in [-0.25, -0.2) is 13.1 Å². The van der Waals surface area contributed by atoms with Crippen LogP contribution in [0.1, 0.15) is 50.7 Å². The van der Waals surface area contributed by atoms with Gasteiger partial charge in [0.05, 0.1) is 18.0 Å². The van der Waals surface area contributed by atoms with Gasteiger partial charge in [0.15, 0.2) is 0 Å². The van der Waals surface area contributed by atoms with E-state index >= 15 is 0 Å². The smallest absolute Gasteiger partial charge is 0.214 e. The minimum Gasteiger partial charge on any atom is -0.376 e. The van der Waals surface area contributed by atoms with E-state index in [0.29, 0.717) is 6.54 Å². The molecule has 6 heteroatoms. The first-order valence-corrected chi connectivity index (χ1v) is 11.7. The van der Waals surface area contributed by atoms with Gasteiger partial charge in [-0.2, -0.15) is 0 Å². The van der Waals surface area contributed by atoms with Crippen LogP contribution in [0.2, 0.25) is 0 Å². The van der Waals surface area contributed by atoms with Crippen LogP contribution in [-0.4, -0.2) is 50.9 Å². The Bertz CT molecular complexity index is 715. The number of sulfonamides is 1. The first kappa shape index (κ1) is 20.8. The molecular weight excluding hydrogens is 360 g/mol. The highest BCUT2D eigenvalue weighted by atomic mass is 32.2. The maximum atomic E-state index is 11.9. The van der Waals surface area contributed by atoms with Crippen molar-refractivity contribution in [1.82, 2.24) is 9.62 Å². The number of piperidine rings is 1. The summed E-state index contributed by atoms with van der Waals surface area (Å²) < 4.78 is 32.6. The summed E-state index contributed by atoms with van der Waals surface area (Å²) in [6.45, 7) is 9.95. The maximum Gasteiger partial charge on any atom is 0.214 e. The number of hydrogen-bond acceptors (Lipinski definition) is 4. The van der Waals surface area contributed by atoms with Gasteiger partial charge in [0.1, 0.15) is 0 Å². The maximum absolute atomic E-state index is 11.9. The number of rotatable bonds is 6. The summed E-state index contributed by atoms with van der Waals surface area (Å²) in [6.07, 6.45) is 4.43. The minimum absolute atomic E-state index is 0.00877. The van der Waals surface area contributed by atoms with Gasteiger partial charge in [-0.15, -0.1) is 0 Å². The van der Waals surface area contributed by atoms with Gasteiger partial charge in [0.25, 0.3) is 0 Å². The van der Waals surface area contributed by atoms with Gasteiger partial charge >= 0.3 is 0 Å². The molecule has 0 aromatic heterocycles. The van der Waals surface area contributed by atoms with Gasteiger partial charge in [0, 0.05) is 13.1 Å². The van der Waals surface area contributed by atoms with E-state index in [1.165, 1.54) is 24.0 Å². The molecule has 5 nitrogen and oxygen atoms in total. The van der Waals surface area contributed by atoms with Crippen LogP contribution in [0.25, 0.3) is 0 Å². The molecule has 2 heterocycles. The van der Waals surface area contributed by atoms with E-state index in [1.54, 1.807) is 13.8 Å². The average Bonchev–Trinajstić information content (AvgIpc) is 2.63. The molecule has 0 amide bonds. The first-order valence-electron chi connectivity index (χ1n) is 10.2. The summed E-state index contributed by atoms with van der Waals surface area (Å²) in [6, 6.07) is 8.77. The Balaban J connectivity index is 1.43. The van der Waals surface area contributed by atoms with Gasteiger partial charge in [-0.05, 0) is 70.5 Å². The summed E-state index contributed by atoms with van der Waals surface area (Å²) in [5.74, 6) is 0. The normalized spacial score (nSPS) is 23.8. The summed E-state index contributed by atoms with van der Waals surface area (Å²) in [5, 5.41) is -0.398. The Labute approximate surface area is 164 Å². The molecule has 1 aromatic rings. The van der Waals surface area contributed by atoms with Gasteiger partial charge in [-0.1, -0.05) is 29.8 Å². The van der Waals surface area contributed by atoms with Gasteiger partial charge in [-0.3, -0.25) is 4.90 Å². The Morgan fingerprint density at radius 1 is 1.26 bits per heavy atom. The number of nitrogens with zero attached hydrogens (tertiary/aromatic N) is 1. The second-order valence-corrected chi connectivity index (χ2v) is 11.0. The molecule has 0 bridgehead atoms. The highest BCUT2D eigenvalue weighted by Crippen LogP contribution is 2.40. The van der Waals surface area contributed by atoms with Crippen LogP contribution in [0.5, 0.6) is 0 Å². The van der Waals surface area contributed by atoms with Crippen molar-refractivity contribution in [3.8, 4) is 0 Å². The van der Waals surface area contributed by atoms with E-state index in [0.717, 1.165) is 39.1 Å². The molecule has 0 saturated carbocycles. The zero-order valence-electron chi connectivity index (χ0n) is 16.9. The standard InChI is InChI=1S/C21H34N2O3S/c1-17(2)27(24,25)22-14-20-7-8-21(16-26-20)9-11-23(12-10-21)15-19-6-4-5-18(3)13-19/h4-6,13,17,20,22H,7-12,14-16H2,1-3H3. The van der Waals surface area contributed by atoms with Gasteiger partial charge < -0.3 is 4.74 Å². The van der Waals surface area contributed by atoms with E-state index in [9.17, 15) is 8.42 Å². The number of likely N-dealkylation sites (tertiary alicyclic amines) is 1. The average molecular weight is 395 g/mol. The zero-order valence-corrected chi connectivity index (χ0v) is 17.7. The van der Waals surface area contributed by atoms with Crippen molar-refractivity contribution < 1.29 is 13.2 Å². The van der Waals surface area contributed by atoms with Crippen LogP contribution >= 0.6 is 0 Å². The van der Waals surface area contributed by atoms with Crippen LogP contribution in [-0.2, 0) is 21.3 Å². The van der Waals surface area contributed by atoms with Crippen molar-refractivity contribution in [3.63, 3.8) is 0 Å². The third-order valence-corrected chi connectivity index (χ3v) is 7.97. The lowest BCUT2D eigenvalue weighted by Crippen LogP contribution is -2.47. The predicted octanol–water partition coefficient (Wildman–Crippen LogP) is 3.08. The lowest BCUT2D eigenvalue weighted by molar-refractivity contribution is -0.0837. The van der Waals surface area contributed by atoms with Crippen LogP contribution in [0.15, 0.2) is 24.3 Å². The van der Waals surface area contributed by atoms with Crippen molar-refractivity contribution in [1.29, 1.82) is 0 Å². The molecule has 152 valence electrons. The largest absolute Gasteiger partial charge is 0.376 e. The molecule has 1 atom stereocenters. The van der Waals surface area contributed by atoms with Crippen LogP contribution in [0, 0.1) is 12.3 Å². The lowest BCUT2D eigenvalue weighted by Gasteiger charge is -2.45. The van der Waals surface area contributed by atoms with Crippen LogP contribution < -0.4 is 4.72 Å². The fourth-order valence-corrected chi connectivity index (χ4v) is 4.85. The van der Waals surface area contributed by atoms with Crippen molar-refractivity contribution in [3.05, 3.63) is 35.4 Å². The molecule has 2 aliphatic heterocycles. The quantitative estimate of drug-likeness (QED) is 0.806. The highest BCUT2D eigenvalue weighted by molar-refractivity contribution is 7.90. The summed E-state index contributed by atoms with van der Waals surface area (Å²) in [7, 11) is -3.21. The predicted molar refractivity (Wildman–Crippen MR) is 109 cm³/mol.